The van der Waals surface area contributed by atoms with E-state index >= 15 is 0 Å². The van der Waals surface area contributed by atoms with E-state index in [-0.39, 0.29) is 11.8 Å². The number of ether oxygens (including phenoxy) is 1. The number of cyclic esters (lactones) is 1. The summed E-state index contributed by atoms with van der Waals surface area (Å²) in [4.78, 5) is 12.8. The van der Waals surface area contributed by atoms with Crippen LogP contribution in [-0.2, 0) is 4.74 Å². The normalized spacial score (nSPS) is 15.6. The SMILES string of the molecule is O=C1OC([P+](c2ccccc2)(c2ccccc2)c2ccccc2)c2ccccc21. The van der Waals surface area contributed by atoms with Gasteiger partial charge in [0.05, 0.1) is 5.56 Å². The van der Waals surface area contributed by atoms with Crippen LogP contribution in [0.25, 0.3) is 0 Å². The molecular formula is C26H20O2P+. The zero-order valence-corrected chi connectivity index (χ0v) is 16.7. The first kappa shape index (κ1) is 17.8. The fourth-order valence-electron chi connectivity index (χ4n) is 4.26. The zero-order valence-electron chi connectivity index (χ0n) is 15.8. The van der Waals surface area contributed by atoms with Gasteiger partial charge in [-0.15, -0.1) is 0 Å². The summed E-state index contributed by atoms with van der Waals surface area (Å²) >= 11 is 0. The number of carbonyl (C=O) groups is 1. The first-order chi connectivity index (χ1) is 14.3. The van der Waals surface area contributed by atoms with Gasteiger partial charge in [0.1, 0.15) is 15.9 Å². The molecule has 0 spiro atoms. The summed E-state index contributed by atoms with van der Waals surface area (Å²) < 4.78 is 6.17. The van der Waals surface area contributed by atoms with Gasteiger partial charge >= 0.3 is 5.97 Å². The Morgan fingerprint density at radius 2 is 0.966 bits per heavy atom. The van der Waals surface area contributed by atoms with Crippen molar-refractivity contribution in [2.75, 3.05) is 0 Å². The lowest BCUT2D eigenvalue weighted by molar-refractivity contribution is 0.0514. The van der Waals surface area contributed by atoms with E-state index < -0.39 is 7.26 Å². The molecule has 1 heterocycles. The van der Waals surface area contributed by atoms with Gasteiger partial charge in [-0.1, -0.05) is 72.8 Å². The smallest absolute Gasteiger partial charge is 0.342 e. The molecule has 0 bridgehead atoms. The molecule has 1 aliphatic rings. The van der Waals surface area contributed by atoms with Crippen LogP contribution in [-0.4, -0.2) is 5.97 Å². The first-order valence-corrected chi connectivity index (χ1v) is 11.5. The summed E-state index contributed by atoms with van der Waals surface area (Å²) in [7, 11) is -2.31. The Bertz CT molecular complexity index is 1040. The molecule has 1 atom stereocenters. The minimum absolute atomic E-state index is 0.238. The number of hydrogen-bond donors (Lipinski definition) is 0. The fraction of sp³-hybridized carbons (Fsp3) is 0.0385. The topological polar surface area (TPSA) is 26.3 Å². The van der Waals surface area contributed by atoms with Gasteiger partial charge in [0.25, 0.3) is 0 Å². The largest absolute Gasteiger partial charge is 0.418 e. The lowest BCUT2D eigenvalue weighted by Crippen LogP contribution is -2.35. The maximum absolute atomic E-state index is 12.8. The molecule has 1 unspecified atom stereocenters. The molecule has 0 amide bonds. The third kappa shape index (κ3) is 2.80. The molecule has 0 radical (unpaired) electrons. The second-order valence-corrected chi connectivity index (χ2v) is 10.5. The highest BCUT2D eigenvalue weighted by molar-refractivity contribution is 7.95. The molecule has 4 aromatic carbocycles. The van der Waals surface area contributed by atoms with E-state index in [1.165, 1.54) is 15.9 Å². The lowest BCUT2D eigenvalue weighted by atomic mass is 10.1. The van der Waals surface area contributed by atoms with Crippen molar-refractivity contribution in [3.05, 3.63) is 126 Å². The highest BCUT2D eigenvalue weighted by Crippen LogP contribution is 2.68. The molecule has 1 aliphatic heterocycles. The van der Waals surface area contributed by atoms with E-state index in [1.54, 1.807) is 0 Å². The molecule has 0 fully saturated rings. The van der Waals surface area contributed by atoms with Crippen LogP contribution in [0, 0.1) is 0 Å². The Balaban J connectivity index is 1.89. The fourth-order valence-corrected chi connectivity index (χ4v) is 8.79. The van der Waals surface area contributed by atoms with Crippen LogP contribution in [0.5, 0.6) is 0 Å². The van der Waals surface area contributed by atoms with Crippen molar-refractivity contribution in [1.29, 1.82) is 0 Å². The molecule has 2 nitrogen and oxygen atoms in total. The summed E-state index contributed by atoms with van der Waals surface area (Å²) in [5, 5.41) is 3.60. The number of rotatable bonds is 4. The third-order valence-electron chi connectivity index (χ3n) is 5.51. The highest BCUT2D eigenvalue weighted by Gasteiger charge is 2.58. The predicted octanol–water partition coefficient (Wildman–Crippen LogP) is 4.85. The van der Waals surface area contributed by atoms with Crippen LogP contribution in [0.2, 0.25) is 0 Å². The molecule has 5 rings (SSSR count). The Hall–Kier alpha value is -3.22. The molecule has 3 heteroatoms. The molecule has 0 aromatic heterocycles. The Morgan fingerprint density at radius 1 is 0.552 bits per heavy atom. The Kier molecular flexibility index (Phi) is 4.50. The van der Waals surface area contributed by atoms with Crippen molar-refractivity contribution in [2.45, 2.75) is 5.85 Å². The summed E-state index contributed by atoms with van der Waals surface area (Å²) in [6.07, 6.45) is 0. The second-order valence-electron chi connectivity index (χ2n) is 7.07. The number of hydrogen-bond acceptors (Lipinski definition) is 2. The third-order valence-corrected chi connectivity index (χ3v) is 9.93. The molecule has 0 saturated heterocycles. The maximum Gasteiger partial charge on any atom is 0.342 e. The summed E-state index contributed by atoms with van der Waals surface area (Å²) in [5.41, 5.74) is 1.65. The van der Waals surface area contributed by atoms with Gasteiger partial charge in [-0.25, -0.2) is 4.79 Å². The van der Waals surface area contributed by atoms with E-state index in [2.05, 4.69) is 72.8 Å². The number of benzene rings is 4. The lowest BCUT2D eigenvalue weighted by Gasteiger charge is -2.31. The Morgan fingerprint density at radius 3 is 1.45 bits per heavy atom. The summed E-state index contributed by atoms with van der Waals surface area (Å²) in [5.74, 6) is -0.587. The van der Waals surface area contributed by atoms with Crippen LogP contribution in [0.15, 0.2) is 115 Å². The van der Waals surface area contributed by atoms with Gasteiger partial charge in [-0.3, -0.25) is 0 Å². The standard InChI is InChI=1S/C26H20O2P/c27-25-23-18-10-11-19-24(23)26(28-25)29(20-12-4-1-5-13-20,21-14-6-2-7-15-21)22-16-8-3-9-17-22/h1-19,26H/q+1. The predicted molar refractivity (Wildman–Crippen MR) is 120 cm³/mol. The second kappa shape index (κ2) is 7.31. The molecule has 0 aliphatic carbocycles. The van der Waals surface area contributed by atoms with E-state index in [9.17, 15) is 4.79 Å². The molecular weight excluding hydrogens is 375 g/mol. The first-order valence-electron chi connectivity index (χ1n) is 9.67. The van der Waals surface area contributed by atoms with Gasteiger partial charge in [-0.2, -0.15) is 0 Å². The Labute approximate surface area is 171 Å². The van der Waals surface area contributed by atoms with Gasteiger partial charge in [0.2, 0.25) is 5.85 Å². The van der Waals surface area contributed by atoms with Crippen LogP contribution < -0.4 is 15.9 Å². The maximum atomic E-state index is 12.8. The molecule has 0 N–H and O–H groups in total. The van der Waals surface area contributed by atoms with Crippen LogP contribution in [0.3, 0.4) is 0 Å². The molecule has 140 valence electrons. The van der Waals surface area contributed by atoms with Crippen molar-refractivity contribution in [1.82, 2.24) is 0 Å². The van der Waals surface area contributed by atoms with Crippen molar-refractivity contribution >= 4 is 29.1 Å². The van der Waals surface area contributed by atoms with Crippen LogP contribution in [0.4, 0.5) is 0 Å². The molecule has 29 heavy (non-hydrogen) atoms. The summed E-state index contributed by atoms with van der Waals surface area (Å²) in [6.45, 7) is 0. The van der Waals surface area contributed by atoms with E-state index in [0.29, 0.717) is 5.56 Å². The summed E-state index contributed by atoms with van der Waals surface area (Å²) in [6, 6.07) is 39.3. The highest BCUT2D eigenvalue weighted by atomic mass is 31.2. The van der Waals surface area contributed by atoms with Gasteiger partial charge < -0.3 is 4.74 Å². The quantitative estimate of drug-likeness (QED) is 0.365. The number of esters is 1. The van der Waals surface area contributed by atoms with E-state index in [0.717, 1.165) is 5.56 Å². The van der Waals surface area contributed by atoms with Crippen molar-refractivity contribution < 1.29 is 9.53 Å². The number of carbonyl (C=O) groups excluding carboxylic acids is 1. The van der Waals surface area contributed by atoms with Crippen LogP contribution >= 0.6 is 7.26 Å². The van der Waals surface area contributed by atoms with E-state index in [1.807, 2.05) is 42.5 Å². The molecule has 0 saturated carbocycles. The minimum atomic E-state index is -2.31. The van der Waals surface area contributed by atoms with E-state index in [4.69, 9.17) is 4.74 Å². The zero-order chi connectivity index (χ0) is 19.7. The van der Waals surface area contributed by atoms with Crippen molar-refractivity contribution in [3.63, 3.8) is 0 Å². The number of fused-ring (bicyclic) bond motifs is 1. The average Bonchev–Trinajstić information content (AvgIpc) is 3.14. The van der Waals surface area contributed by atoms with Gasteiger partial charge in [-0.05, 0) is 42.5 Å². The average molecular weight is 395 g/mol. The molecule has 4 aromatic rings. The monoisotopic (exact) mass is 395 g/mol. The van der Waals surface area contributed by atoms with Gasteiger partial charge in [0, 0.05) is 5.56 Å². The van der Waals surface area contributed by atoms with Gasteiger partial charge in [0.15, 0.2) is 7.26 Å². The van der Waals surface area contributed by atoms with Crippen molar-refractivity contribution in [2.24, 2.45) is 0 Å². The van der Waals surface area contributed by atoms with Crippen LogP contribution in [0.1, 0.15) is 21.8 Å². The van der Waals surface area contributed by atoms with Crippen molar-refractivity contribution in [3.8, 4) is 0 Å². The minimum Gasteiger partial charge on any atom is -0.418 e.